The Hall–Kier alpha value is -3.73. The highest BCUT2D eigenvalue weighted by atomic mass is 19.1. The first-order valence-corrected chi connectivity index (χ1v) is 8.75. The largest absolute Gasteiger partial charge is 0.497 e. The van der Waals surface area contributed by atoms with Gasteiger partial charge in [0.05, 0.1) is 23.7 Å². The predicted octanol–water partition coefficient (Wildman–Crippen LogP) is 4.70. The van der Waals surface area contributed by atoms with E-state index in [0.29, 0.717) is 28.2 Å². The molecule has 4 rings (SSSR count). The van der Waals surface area contributed by atoms with Crippen LogP contribution in [0.15, 0.2) is 77.6 Å². The summed E-state index contributed by atoms with van der Waals surface area (Å²) in [6.07, 6.45) is 3.56. The minimum Gasteiger partial charge on any atom is -0.497 e. The van der Waals surface area contributed by atoms with Gasteiger partial charge in [0.2, 0.25) is 0 Å². The number of rotatable bonds is 4. The molecule has 0 aliphatic heterocycles. The van der Waals surface area contributed by atoms with E-state index in [-0.39, 0.29) is 11.4 Å². The maximum Gasteiger partial charge on any atom is 0.266 e. The highest BCUT2D eigenvalue weighted by Crippen LogP contribution is 2.18. The van der Waals surface area contributed by atoms with Gasteiger partial charge in [-0.1, -0.05) is 30.3 Å². The number of para-hydroxylation sites is 1. The topological polar surface area (TPSA) is 44.1 Å². The molecule has 3 aromatic carbocycles. The van der Waals surface area contributed by atoms with Gasteiger partial charge >= 0.3 is 0 Å². The van der Waals surface area contributed by atoms with Gasteiger partial charge in [-0.25, -0.2) is 9.37 Å². The van der Waals surface area contributed by atoms with Crippen LogP contribution >= 0.6 is 0 Å². The molecule has 1 aromatic heterocycles. The van der Waals surface area contributed by atoms with Crippen molar-refractivity contribution in [3.05, 3.63) is 100 Å². The first-order valence-electron chi connectivity index (χ1n) is 8.75. The van der Waals surface area contributed by atoms with Gasteiger partial charge in [0.1, 0.15) is 17.4 Å². The molecule has 1 heterocycles. The molecular formula is C23H17FN2O2. The van der Waals surface area contributed by atoms with E-state index in [9.17, 15) is 9.18 Å². The molecule has 4 aromatic rings. The number of fused-ring (bicyclic) bond motifs is 1. The van der Waals surface area contributed by atoms with Crippen LogP contribution in [0.5, 0.6) is 5.75 Å². The van der Waals surface area contributed by atoms with Gasteiger partial charge in [-0.3, -0.25) is 9.36 Å². The summed E-state index contributed by atoms with van der Waals surface area (Å²) in [5.41, 5.74) is 1.96. The molecule has 0 N–H and O–H groups in total. The van der Waals surface area contributed by atoms with Gasteiger partial charge in [0.25, 0.3) is 5.56 Å². The molecule has 0 unspecified atom stereocenters. The summed E-state index contributed by atoms with van der Waals surface area (Å²) in [5, 5.41) is 0.539. The van der Waals surface area contributed by atoms with Crippen molar-refractivity contribution in [2.24, 2.45) is 0 Å². The number of hydrogen-bond donors (Lipinski definition) is 0. The quantitative estimate of drug-likeness (QED) is 0.521. The monoisotopic (exact) mass is 372 g/mol. The first kappa shape index (κ1) is 17.7. The van der Waals surface area contributed by atoms with Gasteiger partial charge in [0, 0.05) is 0 Å². The number of methoxy groups -OCH3 is 1. The summed E-state index contributed by atoms with van der Waals surface area (Å²) < 4.78 is 19.9. The van der Waals surface area contributed by atoms with Crippen LogP contribution in [0.4, 0.5) is 4.39 Å². The molecule has 4 nitrogen and oxygen atoms in total. The van der Waals surface area contributed by atoms with E-state index in [1.54, 1.807) is 54.2 Å². The Morgan fingerprint density at radius 3 is 2.36 bits per heavy atom. The van der Waals surface area contributed by atoms with E-state index in [2.05, 4.69) is 4.98 Å². The molecule has 0 aliphatic rings. The Morgan fingerprint density at radius 2 is 1.64 bits per heavy atom. The van der Waals surface area contributed by atoms with Gasteiger partial charge in [-0.15, -0.1) is 0 Å². The van der Waals surface area contributed by atoms with E-state index in [1.165, 1.54) is 12.1 Å². The molecule has 0 radical (unpaired) electrons. The molecule has 0 saturated heterocycles. The second kappa shape index (κ2) is 7.48. The zero-order valence-corrected chi connectivity index (χ0v) is 15.2. The molecule has 0 spiro atoms. The van der Waals surface area contributed by atoms with Crippen molar-refractivity contribution in [3.63, 3.8) is 0 Å². The lowest BCUT2D eigenvalue weighted by Gasteiger charge is -2.12. The SMILES string of the molecule is COc1ccc(-n2c(/C=C/c3ccc(F)cc3)nc3ccccc3c2=O)cc1. The minimum atomic E-state index is -0.295. The van der Waals surface area contributed by atoms with Crippen molar-refractivity contribution in [2.45, 2.75) is 0 Å². The van der Waals surface area contributed by atoms with Crippen molar-refractivity contribution in [2.75, 3.05) is 7.11 Å². The van der Waals surface area contributed by atoms with Crippen molar-refractivity contribution in [3.8, 4) is 11.4 Å². The highest BCUT2D eigenvalue weighted by molar-refractivity contribution is 5.80. The smallest absolute Gasteiger partial charge is 0.266 e. The Kier molecular flexibility index (Phi) is 4.72. The Labute approximate surface area is 161 Å². The summed E-state index contributed by atoms with van der Waals surface area (Å²) in [5.74, 6) is 0.892. The van der Waals surface area contributed by atoms with Crippen LogP contribution < -0.4 is 10.3 Å². The van der Waals surface area contributed by atoms with E-state index in [0.717, 1.165) is 5.56 Å². The maximum absolute atomic E-state index is 13.2. The van der Waals surface area contributed by atoms with Crippen LogP contribution in [-0.4, -0.2) is 16.7 Å². The molecular weight excluding hydrogens is 355 g/mol. The van der Waals surface area contributed by atoms with Crippen molar-refractivity contribution >= 4 is 23.1 Å². The van der Waals surface area contributed by atoms with Crippen LogP contribution in [0.2, 0.25) is 0 Å². The second-order valence-electron chi connectivity index (χ2n) is 6.21. The van der Waals surface area contributed by atoms with Crippen LogP contribution in [0.3, 0.4) is 0 Å². The maximum atomic E-state index is 13.2. The molecule has 0 atom stereocenters. The fraction of sp³-hybridized carbons (Fsp3) is 0.0435. The summed E-state index contributed by atoms with van der Waals surface area (Å²) in [4.78, 5) is 17.8. The third kappa shape index (κ3) is 3.42. The number of aromatic nitrogens is 2. The first-order chi connectivity index (χ1) is 13.7. The lowest BCUT2D eigenvalue weighted by molar-refractivity contribution is 0.414. The second-order valence-corrected chi connectivity index (χ2v) is 6.21. The third-order valence-electron chi connectivity index (χ3n) is 4.43. The van der Waals surface area contributed by atoms with Gasteiger partial charge in [0.15, 0.2) is 0 Å². The van der Waals surface area contributed by atoms with E-state index < -0.39 is 0 Å². The summed E-state index contributed by atoms with van der Waals surface area (Å²) in [6, 6.07) is 20.6. The van der Waals surface area contributed by atoms with Gasteiger partial charge in [-0.05, 0) is 60.2 Å². The zero-order chi connectivity index (χ0) is 19.5. The van der Waals surface area contributed by atoms with Crippen LogP contribution in [0.1, 0.15) is 11.4 Å². The fourth-order valence-corrected chi connectivity index (χ4v) is 2.99. The molecule has 28 heavy (non-hydrogen) atoms. The molecule has 0 amide bonds. The number of benzene rings is 3. The molecule has 0 fully saturated rings. The highest BCUT2D eigenvalue weighted by Gasteiger charge is 2.11. The summed E-state index contributed by atoms with van der Waals surface area (Å²) in [7, 11) is 1.59. The predicted molar refractivity (Wildman–Crippen MR) is 109 cm³/mol. The van der Waals surface area contributed by atoms with Gasteiger partial charge in [-0.2, -0.15) is 0 Å². The van der Waals surface area contributed by atoms with Crippen LogP contribution in [-0.2, 0) is 0 Å². The lowest BCUT2D eigenvalue weighted by Crippen LogP contribution is -2.22. The van der Waals surface area contributed by atoms with Crippen molar-refractivity contribution < 1.29 is 9.13 Å². The third-order valence-corrected chi connectivity index (χ3v) is 4.43. The van der Waals surface area contributed by atoms with Crippen LogP contribution in [0, 0.1) is 5.82 Å². The standard InChI is InChI=1S/C23H17FN2O2/c1-28-19-13-11-18(12-14-19)26-22(15-8-16-6-9-17(24)10-7-16)25-21-5-3-2-4-20(21)23(26)27/h2-15H,1H3/b15-8+. The summed E-state index contributed by atoms with van der Waals surface area (Å²) >= 11 is 0. The van der Waals surface area contributed by atoms with E-state index >= 15 is 0 Å². The molecule has 0 bridgehead atoms. The molecule has 0 saturated carbocycles. The van der Waals surface area contributed by atoms with Gasteiger partial charge < -0.3 is 4.74 Å². The van der Waals surface area contributed by atoms with Crippen molar-refractivity contribution in [1.82, 2.24) is 9.55 Å². The Morgan fingerprint density at radius 1 is 0.929 bits per heavy atom. The average Bonchev–Trinajstić information content (AvgIpc) is 2.74. The minimum absolute atomic E-state index is 0.158. The molecule has 138 valence electrons. The van der Waals surface area contributed by atoms with Crippen LogP contribution in [0.25, 0.3) is 28.7 Å². The lowest BCUT2D eigenvalue weighted by atomic mass is 10.2. The van der Waals surface area contributed by atoms with E-state index in [1.807, 2.05) is 30.3 Å². The molecule has 5 heteroatoms. The Bertz CT molecular complexity index is 1210. The average molecular weight is 372 g/mol. The Balaban J connectivity index is 1.89. The number of nitrogens with zero attached hydrogens (tertiary/aromatic N) is 2. The number of hydrogen-bond acceptors (Lipinski definition) is 3. The van der Waals surface area contributed by atoms with Crippen molar-refractivity contribution in [1.29, 1.82) is 0 Å². The zero-order valence-electron chi connectivity index (χ0n) is 15.2. The van der Waals surface area contributed by atoms with E-state index in [4.69, 9.17) is 4.74 Å². The fourth-order valence-electron chi connectivity index (χ4n) is 2.99. The molecule has 0 aliphatic carbocycles. The number of halogens is 1. The summed E-state index contributed by atoms with van der Waals surface area (Å²) in [6.45, 7) is 0. The normalized spacial score (nSPS) is 11.2. The number of ether oxygens (including phenoxy) is 1.